The molecule has 0 aliphatic carbocycles. The summed E-state index contributed by atoms with van der Waals surface area (Å²) in [5.41, 5.74) is 0.802. The van der Waals surface area contributed by atoms with Gasteiger partial charge in [-0.2, -0.15) is 4.74 Å². The number of para-hydroxylation sites is 1. The maximum atomic E-state index is 12.6. The number of carbonyl (C=O) groups excluding carboxylic acids is 1. The Morgan fingerprint density at radius 2 is 1.84 bits per heavy atom. The van der Waals surface area contributed by atoms with E-state index in [9.17, 15) is 10.0 Å². The Kier molecular flexibility index (Phi) is 3.38. The molecule has 1 aliphatic rings. The Morgan fingerprint density at radius 3 is 2.42 bits per heavy atom. The average molecular weight is 255 g/mol. The molecule has 0 N–H and O–H groups in total. The van der Waals surface area contributed by atoms with Crippen LogP contribution in [0.4, 0.5) is 5.69 Å². The van der Waals surface area contributed by atoms with Crippen molar-refractivity contribution >= 4 is 17.2 Å². The van der Waals surface area contributed by atoms with Crippen molar-refractivity contribution in [2.75, 3.05) is 0 Å². The molecule has 2 rings (SSSR count). The number of fused-ring (bicyclic) bond motifs is 1. The summed E-state index contributed by atoms with van der Waals surface area (Å²) in [7, 11) is 0. The molecule has 3 nitrogen and oxygen atoms in total. The van der Waals surface area contributed by atoms with Gasteiger partial charge in [0, 0.05) is 18.6 Å². The predicted octanol–water partition coefficient (Wildman–Crippen LogP) is 3.26. The Morgan fingerprint density at radius 1 is 1.26 bits per heavy atom. The monoisotopic (exact) mass is 255 g/mol. The maximum absolute atomic E-state index is 12.6. The highest BCUT2D eigenvalue weighted by Gasteiger charge is 2.48. The highest BCUT2D eigenvalue weighted by molar-refractivity contribution is 6.41. The first-order chi connectivity index (χ1) is 9.08. The Hall–Kier alpha value is -2.16. The fourth-order valence-corrected chi connectivity index (χ4v) is 2.78. The number of hydrogen-bond acceptors (Lipinski definition) is 2. The molecule has 1 aliphatic heterocycles. The highest BCUT2D eigenvalue weighted by Crippen LogP contribution is 2.42. The van der Waals surface area contributed by atoms with E-state index in [0.717, 1.165) is 10.3 Å². The minimum atomic E-state index is -0.731. The maximum Gasteiger partial charge on any atom is 0.234 e. The van der Waals surface area contributed by atoms with E-state index < -0.39 is 5.41 Å². The van der Waals surface area contributed by atoms with Crippen molar-refractivity contribution in [3.8, 4) is 0 Å². The van der Waals surface area contributed by atoms with Crippen LogP contribution in [-0.4, -0.2) is 16.2 Å². The predicted molar refractivity (Wildman–Crippen MR) is 76.7 cm³/mol. The molecule has 0 bridgehead atoms. The van der Waals surface area contributed by atoms with E-state index in [-0.39, 0.29) is 11.5 Å². The molecule has 0 atom stereocenters. The van der Waals surface area contributed by atoms with Crippen molar-refractivity contribution in [3.63, 3.8) is 0 Å². The quantitative estimate of drug-likeness (QED) is 0.471. The summed E-state index contributed by atoms with van der Waals surface area (Å²) in [4.78, 5) is 12.6. The number of allylic oxidation sites excluding steroid dienone is 2. The van der Waals surface area contributed by atoms with Gasteiger partial charge in [-0.1, -0.05) is 30.4 Å². The summed E-state index contributed by atoms with van der Waals surface area (Å²) in [6.45, 7) is 9.07. The minimum absolute atomic E-state index is 0.138. The van der Waals surface area contributed by atoms with E-state index in [4.69, 9.17) is 0 Å². The first-order valence-corrected chi connectivity index (χ1v) is 6.25. The van der Waals surface area contributed by atoms with Crippen LogP contribution >= 0.6 is 0 Å². The van der Waals surface area contributed by atoms with Crippen LogP contribution in [0, 0.1) is 5.21 Å². The molecule has 19 heavy (non-hydrogen) atoms. The molecule has 0 fully saturated rings. The van der Waals surface area contributed by atoms with E-state index in [1.807, 2.05) is 12.1 Å². The summed E-state index contributed by atoms with van der Waals surface area (Å²) in [5.74, 6) is -0.138. The second-order valence-electron chi connectivity index (χ2n) is 4.79. The molecule has 1 aromatic rings. The van der Waals surface area contributed by atoms with Crippen LogP contribution < -0.4 is 0 Å². The van der Waals surface area contributed by atoms with E-state index in [2.05, 4.69) is 13.2 Å². The van der Waals surface area contributed by atoms with Crippen molar-refractivity contribution in [2.45, 2.75) is 25.2 Å². The van der Waals surface area contributed by atoms with E-state index in [1.165, 1.54) is 0 Å². The van der Waals surface area contributed by atoms with Crippen molar-refractivity contribution in [1.82, 2.24) is 0 Å². The lowest BCUT2D eigenvalue weighted by Crippen LogP contribution is -2.45. The standard InChI is InChI=1S/C16H17NO2/c1-4-10-16(11-5-2)13-8-6-7-9-14(13)17(19)12(3)15(16)18/h4-9H,1-2,10-11H2,3H3. The van der Waals surface area contributed by atoms with Crippen LogP contribution in [0.3, 0.4) is 0 Å². The lowest BCUT2D eigenvalue weighted by Gasteiger charge is -2.34. The summed E-state index contributed by atoms with van der Waals surface area (Å²) < 4.78 is 0.724. The van der Waals surface area contributed by atoms with Gasteiger partial charge in [-0.3, -0.25) is 4.79 Å². The molecule has 0 radical (unpaired) electrons. The number of ketones is 1. The van der Waals surface area contributed by atoms with Gasteiger partial charge in [-0.05, 0) is 12.8 Å². The van der Waals surface area contributed by atoms with Gasteiger partial charge in [0.05, 0.1) is 5.41 Å². The van der Waals surface area contributed by atoms with Crippen LogP contribution in [0.25, 0.3) is 0 Å². The molecule has 0 unspecified atom stereocenters. The SMILES string of the molecule is C=CCC1(CC=C)C(=O)C(C)=[N+]([O-])c2ccccc21. The number of carbonyl (C=O) groups is 1. The van der Waals surface area contributed by atoms with E-state index in [1.54, 1.807) is 31.2 Å². The number of hydrogen-bond donors (Lipinski definition) is 0. The zero-order valence-electron chi connectivity index (χ0n) is 11.1. The third-order valence-electron chi connectivity index (χ3n) is 3.69. The number of nitrogens with zero attached hydrogens (tertiary/aromatic N) is 1. The molecule has 0 saturated heterocycles. The van der Waals surface area contributed by atoms with Crippen LogP contribution in [0.15, 0.2) is 49.6 Å². The van der Waals surface area contributed by atoms with Crippen molar-refractivity contribution in [3.05, 3.63) is 60.3 Å². The van der Waals surface area contributed by atoms with Crippen LogP contribution in [-0.2, 0) is 10.2 Å². The van der Waals surface area contributed by atoms with Gasteiger partial charge < -0.3 is 5.21 Å². The fraction of sp³-hybridized carbons (Fsp3) is 0.250. The zero-order valence-corrected chi connectivity index (χ0v) is 11.1. The normalized spacial score (nSPS) is 17.0. The fourth-order valence-electron chi connectivity index (χ4n) is 2.78. The zero-order chi connectivity index (χ0) is 14.0. The third kappa shape index (κ3) is 1.82. The lowest BCUT2D eigenvalue weighted by atomic mass is 9.68. The topological polar surface area (TPSA) is 43.1 Å². The number of rotatable bonds is 4. The van der Waals surface area contributed by atoms with E-state index >= 15 is 0 Å². The van der Waals surface area contributed by atoms with Crippen molar-refractivity contribution in [2.24, 2.45) is 0 Å². The molecule has 98 valence electrons. The first kappa shape index (κ1) is 13.3. The van der Waals surface area contributed by atoms with Crippen molar-refractivity contribution in [1.29, 1.82) is 0 Å². The van der Waals surface area contributed by atoms with Gasteiger partial charge in [-0.15, -0.1) is 13.2 Å². The van der Waals surface area contributed by atoms with Gasteiger partial charge >= 0.3 is 0 Å². The first-order valence-electron chi connectivity index (χ1n) is 6.25. The van der Waals surface area contributed by atoms with Crippen molar-refractivity contribution < 1.29 is 9.53 Å². The summed E-state index contributed by atoms with van der Waals surface area (Å²) in [5, 5.41) is 12.1. The van der Waals surface area contributed by atoms with Gasteiger partial charge in [0.25, 0.3) is 0 Å². The molecule has 0 spiro atoms. The minimum Gasteiger partial charge on any atom is -0.618 e. The van der Waals surface area contributed by atoms with E-state index in [0.29, 0.717) is 18.5 Å². The second kappa shape index (κ2) is 4.84. The molecule has 1 heterocycles. The average Bonchev–Trinajstić information content (AvgIpc) is 2.43. The smallest absolute Gasteiger partial charge is 0.234 e. The molecule has 0 amide bonds. The summed E-state index contributed by atoms with van der Waals surface area (Å²) >= 11 is 0. The van der Waals surface area contributed by atoms with Crippen LogP contribution in [0.1, 0.15) is 25.3 Å². The molecule has 1 aromatic carbocycles. The number of Topliss-reactive ketones (excluding diaryl/α,β-unsaturated/α-hetero) is 1. The van der Waals surface area contributed by atoms with Gasteiger partial charge in [-0.25, -0.2) is 0 Å². The Labute approximate surface area is 113 Å². The molecule has 0 aromatic heterocycles. The number of benzene rings is 1. The summed E-state index contributed by atoms with van der Waals surface area (Å²) in [6, 6.07) is 7.25. The second-order valence-corrected chi connectivity index (χ2v) is 4.79. The van der Waals surface area contributed by atoms with Crippen LogP contribution in [0.5, 0.6) is 0 Å². The molecule has 3 heteroatoms. The molecular weight excluding hydrogens is 238 g/mol. The molecular formula is C16H17NO2. The largest absolute Gasteiger partial charge is 0.618 e. The summed E-state index contributed by atoms with van der Waals surface area (Å²) in [6.07, 6.45) is 4.46. The van der Waals surface area contributed by atoms with Crippen LogP contribution in [0.2, 0.25) is 0 Å². The van der Waals surface area contributed by atoms with Gasteiger partial charge in [0.1, 0.15) is 0 Å². The molecule has 0 saturated carbocycles. The van der Waals surface area contributed by atoms with Gasteiger partial charge in [0.15, 0.2) is 0 Å². The lowest BCUT2D eigenvalue weighted by molar-refractivity contribution is -0.364. The van der Waals surface area contributed by atoms with Gasteiger partial charge in [0.2, 0.25) is 17.2 Å². The Bertz CT molecular complexity index is 574. The Balaban J connectivity index is 2.77. The highest BCUT2D eigenvalue weighted by atomic mass is 16.5. The third-order valence-corrected chi connectivity index (χ3v) is 3.69.